The van der Waals surface area contributed by atoms with Crippen molar-refractivity contribution in [2.45, 2.75) is 19.9 Å². The molecular formula is C25H19Cl3N2O6S. The maximum absolute atomic E-state index is 13.7. The van der Waals surface area contributed by atoms with Crippen molar-refractivity contribution in [2.75, 3.05) is 13.2 Å². The standard InChI is InChI=1S/C25H19Cl3N2O6S/c1-3-35-24(34)20-12(2)29-25-30(21(20)14-6-4-5-7-15(14)26)23(33)18(37-25)10-13-8-16(27)22(17(28)9-13)36-11-19(31)32/h4-10,21H,3,11H2,1-2H3,(H,31,32)/b18-10-/t21-/m0/s1. The van der Waals surface area contributed by atoms with E-state index in [4.69, 9.17) is 49.4 Å². The maximum Gasteiger partial charge on any atom is 0.341 e. The number of rotatable bonds is 7. The lowest BCUT2D eigenvalue weighted by Crippen LogP contribution is -2.40. The Labute approximate surface area is 229 Å². The third-order valence-corrected chi connectivity index (χ3v) is 7.26. The minimum absolute atomic E-state index is 0.0257. The Hall–Kier alpha value is -3.11. The fraction of sp³-hybridized carbons (Fsp3) is 0.200. The number of carboxylic acid groups (broad SMARTS) is 1. The van der Waals surface area contributed by atoms with Crippen molar-refractivity contribution in [3.63, 3.8) is 0 Å². The van der Waals surface area contributed by atoms with Crippen LogP contribution in [0.4, 0.5) is 0 Å². The molecule has 4 rings (SSSR count). The lowest BCUT2D eigenvalue weighted by atomic mass is 9.96. The largest absolute Gasteiger partial charge is 0.479 e. The highest BCUT2D eigenvalue weighted by atomic mass is 35.5. The van der Waals surface area contributed by atoms with Gasteiger partial charge in [0, 0.05) is 5.02 Å². The molecular weight excluding hydrogens is 563 g/mol. The molecule has 0 radical (unpaired) electrons. The molecule has 2 heterocycles. The van der Waals surface area contributed by atoms with Crippen molar-refractivity contribution in [1.29, 1.82) is 0 Å². The van der Waals surface area contributed by atoms with Crippen molar-refractivity contribution in [1.82, 2.24) is 4.57 Å². The van der Waals surface area contributed by atoms with Gasteiger partial charge >= 0.3 is 11.9 Å². The number of ether oxygens (including phenoxy) is 2. The van der Waals surface area contributed by atoms with Crippen LogP contribution in [-0.2, 0) is 14.3 Å². The molecule has 0 aliphatic carbocycles. The topological polar surface area (TPSA) is 107 Å². The summed E-state index contributed by atoms with van der Waals surface area (Å²) < 4.78 is 12.1. The smallest absolute Gasteiger partial charge is 0.341 e. The van der Waals surface area contributed by atoms with Crippen LogP contribution >= 0.6 is 46.1 Å². The van der Waals surface area contributed by atoms with E-state index in [1.807, 2.05) is 0 Å². The summed E-state index contributed by atoms with van der Waals surface area (Å²) in [5.41, 5.74) is 1.28. The number of fused-ring (bicyclic) bond motifs is 1. The second-order valence-corrected chi connectivity index (χ2v) is 10.1. The molecule has 8 nitrogen and oxygen atoms in total. The number of halogens is 3. The summed E-state index contributed by atoms with van der Waals surface area (Å²) in [4.78, 5) is 42.3. The number of allylic oxidation sites excluding steroid dienone is 1. The summed E-state index contributed by atoms with van der Waals surface area (Å²) in [7, 11) is 0. The molecule has 0 amide bonds. The van der Waals surface area contributed by atoms with Crippen LogP contribution < -0.4 is 19.6 Å². The highest BCUT2D eigenvalue weighted by molar-refractivity contribution is 7.07. The van der Waals surface area contributed by atoms with Gasteiger partial charge in [-0.2, -0.15) is 0 Å². The molecule has 192 valence electrons. The Kier molecular flexibility index (Phi) is 8.08. The van der Waals surface area contributed by atoms with E-state index in [9.17, 15) is 14.4 Å². The maximum atomic E-state index is 13.7. The molecule has 37 heavy (non-hydrogen) atoms. The number of carbonyl (C=O) groups is 2. The van der Waals surface area contributed by atoms with Crippen LogP contribution in [0.5, 0.6) is 5.75 Å². The molecule has 0 unspecified atom stereocenters. The number of hydrogen-bond donors (Lipinski definition) is 1. The van der Waals surface area contributed by atoms with Crippen LogP contribution in [0.2, 0.25) is 15.1 Å². The number of hydrogen-bond acceptors (Lipinski definition) is 7. The first-order valence-corrected chi connectivity index (χ1v) is 12.8. The van der Waals surface area contributed by atoms with Gasteiger partial charge in [-0.1, -0.05) is 64.3 Å². The molecule has 0 saturated carbocycles. The molecule has 1 aromatic heterocycles. The molecule has 3 aromatic rings. The predicted molar refractivity (Wildman–Crippen MR) is 141 cm³/mol. The SMILES string of the molecule is CCOC(=O)C1=C(C)N=c2s/c(=C\c3cc(Cl)c(OCC(=O)O)c(Cl)c3)c(=O)n2[C@H]1c1ccccc1Cl. The molecule has 1 atom stereocenters. The predicted octanol–water partition coefficient (Wildman–Crippen LogP) is 4.22. The molecule has 0 saturated heterocycles. The summed E-state index contributed by atoms with van der Waals surface area (Å²) in [5, 5.41) is 9.39. The number of aliphatic carboxylic acids is 1. The number of nitrogens with zero attached hydrogens (tertiary/aromatic N) is 2. The summed E-state index contributed by atoms with van der Waals surface area (Å²) in [6.07, 6.45) is 1.58. The van der Waals surface area contributed by atoms with E-state index >= 15 is 0 Å². The van der Waals surface area contributed by atoms with Crippen LogP contribution in [0.25, 0.3) is 6.08 Å². The molecule has 1 aliphatic rings. The zero-order valence-corrected chi connectivity index (χ0v) is 22.5. The van der Waals surface area contributed by atoms with E-state index in [1.54, 1.807) is 44.2 Å². The zero-order chi connectivity index (χ0) is 26.9. The van der Waals surface area contributed by atoms with Gasteiger partial charge in [0.25, 0.3) is 5.56 Å². The van der Waals surface area contributed by atoms with Crippen molar-refractivity contribution in [3.05, 3.63) is 93.6 Å². The molecule has 0 spiro atoms. The molecule has 12 heteroatoms. The summed E-state index contributed by atoms with van der Waals surface area (Å²) in [5.74, 6) is -1.74. The van der Waals surface area contributed by atoms with Gasteiger partial charge in [0.1, 0.15) is 6.04 Å². The third kappa shape index (κ3) is 5.45. The third-order valence-electron chi connectivity index (χ3n) is 5.38. The first-order valence-electron chi connectivity index (χ1n) is 10.9. The number of aromatic nitrogens is 1. The molecule has 1 aliphatic heterocycles. The summed E-state index contributed by atoms with van der Waals surface area (Å²) in [6.45, 7) is 2.93. The lowest BCUT2D eigenvalue weighted by Gasteiger charge is -2.25. The Morgan fingerprint density at radius 2 is 1.84 bits per heavy atom. The van der Waals surface area contributed by atoms with Crippen molar-refractivity contribution < 1.29 is 24.2 Å². The average molecular weight is 582 g/mol. The fourth-order valence-electron chi connectivity index (χ4n) is 3.87. The number of carboxylic acids is 1. The Morgan fingerprint density at radius 3 is 2.46 bits per heavy atom. The monoisotopic (exact) mass is 580 g/mol. The second-order valence-electron chi connectivity index (χ2n) is 7.82. The summed E-state index contributed by atoms with van der Waals surface area (Å²) in [6, 6.07) is 9.12. The lowest BCUT2D eigenvalue weighted by molar-refractivity contribution is -0.140. The highest BCUT2D eigenvalue weighted by Gasteiger charge is 2.34. The van der Waals surface area contributed by atoms with Crippen LogP contribution in [-0.4, -0.2) is 34.8 Å². The van der Waals surface area contributed by atoms with Crippen LogP contribution in [0.15, 0.2) is 57.5 Å². The van der Waals surface area contributed by atoms with Crippen molar-refractivity contribution in [3.8, 4) is 5.75 Å². The van der Waals surface area contributed by atoms with Gasteiger partial charge in [-0.15, -0.1) is 0 Å². The van der Waals surface area contributed by atoms with E-state index in [0.717, 1.165) is 11.3 Å². The van der Waals surface area contributed by atoms with E-state index in [2.05, 4.69) is 4.99 Å². The van der Waals surface area contributed by atoms with Crippen LogP contribution in [0.3, 0.4) is 0 Å². The van der Waals surface area contributed by atoms with Gasteiger partial charge in [0.2, 0.25) is 0 Å². The summed E-state index contributed by atoms with van der Waals surface area (Å²) >= 11 is 20.1. The van der Waals surface area contributed by atoms with E-state index in [1.165, 1.54) is 16.7 Å². The van der Waals surface area contributed by atoms with E-state index in [-0.39, 0.29) is 28.0 Å². The fourth-order valence-corrected chi connectivity index (χ4v) is 5.77. The van der Waals surface area contributed by atoms with E-state index < -0.39 is 30.1 Å². The first-order chi connectivity index (χ1) is 17.6. The number of esters is 1. The van der Waals surface area contributed by atoms with E-state index in [0.29, 0.717) is 31.2 Å². The minimum atomic E-state index is -1.18. The quantitative estimate of drug-likeness (QED) is 0.419. The van der Waals surface area contributed by atoms with Gasteiger partial charge in [-0.05, 0) is 49.2 Å². The number of benzene rings is 2. The Bertz CT molecular complexity index is 1600. The van der Waals surface area contributed by atoms with Crippen molar-refractivity contribution in [2.24, 2.45) is 4.99 Å². The highest BCUT2D eigenvalue weighted by Crippen LogP contribution is 2.35. The van der Waals surface area contributed by atoms with Crippen molar-refractivity contribution >= 4 is 64.2 Å². The van der Waals surface area contributed by atoms with Crippen LogP contribution in [0.1, 0.15) is 31.0 Å². The number of thiazole rings is 1. The number of carbonyl (C=O) groups excluding carboxylic acids is 1. The van der Waals surface area contributed by atoms with Gasteiger partial charge in [-0.3, -0.25) is 9.36 Å². The molecule has 0 bridgehead atoms. The van der Waals surface area contributed by atoms with Gasteiger partial charge in [0.05, 0.1) is 32.5 Å². The average Bonchev–Trinajstić information content (AvgIpc) is 3.12. The van der Waals surface area contributed by atoms with Crippen LogP contribution in [0, 0.1) is 0 Å². The van der Waals surface area contributed by atoms with Gasteiger partial charge in [0.15, 0.2) is 17.2 Å². The second kappa shape index (κ2) is 11.1. The molecule has 0 fully saturated rings. The van der Waals surface area contributed by atoms with Gasteiger partial charge < -0.3 is 14.6 Å². The Balaban J connectivity index is 1.88. The Morgan fingerprint density at radius 1 is 1.16 bits per heavy atom. The first kappa shape index (κ1) is 26.9. The minimum Gasteiger partial charge on any atom is -0.479 e. The van der Waals surface area contributed by atoms with Gasteiger partial charge in [-0.25, -0.2) is 14.6 Å². The molecule has 1 N–H and O–H groups in total. The zero-order valence-electron chi connectivity index (χ0n) is 19.5. The normalized spacial score (nSPS) is 15.3. The molecule has 2 aromatic carbocycles.